The Morgan fingerprint density at radius 3 is 2.68 bits per heavy atom. The van der Waals surface area contributed by atoms with E-state index in [0.717, 1.165) is 13.0 Å². The Balaban J connectivity index is 2.35. The summed E-state index contributed by atoms with van der Waals surface area (Å²) in [5, 5.41) is 0. The van der Waals surface area contributed by atoms with Crippen molar-refractivity contribution in [2.75, 3.05) is 19.8 Å². The second-order valence-electron chi connectivity index (χ2n) is 4.61. The minimum Gasteiger partial charge on any atom is -0.490 e. The summed E-state index contributed by atoms with van der Waals surface area (Å²) in [5.74, 6) is 5.90. The summed E-state index contributed by atoms with van der Waals surface area (Å²) < 4.78 is 11.0. The summed E-state index contributed by atoms with van der Waals surface area (Å²) in [4.78, 5) is 11.5. The lowest BCUT2D eigenvalue weighted by molar-refractivity contribution is 0.0891. The van der Waals surface area contributed by atoms with Gasteiger partial charge in [-0.15, -0.1) is 0 Å². The lowest BCUT2D eigenvalue weighted by atomic mass is 10.1. The van der Waals surface area contributed by atoms with Gasteiger partial charge in [0, 0.05) is 6.61 Å². The van der Waals surface area contributed by atoms with Crippen molar-refractivity contribution in [2.45, 2.75) is 20.3 Å². The van der Waals surface area contributed by atoms with E-state index >= 15 is 0 Å². The molecule has 0 fully saturated rings. The zero-order valence-electron chi connectivity index (χ0n) is 11.5. The van der Waals surface area contributed by atoms with Gasteiger partial charge in [0.05, 0.1) is 12.2 Å². The van der Waals surface area contributed by atoms with E-state index in [1.807, 2.05) is 6.07 Å². The highest BCUT2D eigenvalue weighted by atomic mass is 16.5. The van der Waals surface area contributed by atoms with Crippen molar-refractivity contribution >= 4 is 5.91 Å². The number of rotatable bonds is 8. The third-order valence-electron chi connectivity index (χ3n) is 2.59. The van der Waals surface area contributed by atoms with Crippen LogP contribution in [0.2, 0.25) is 0 Å². The number of nitrogens with two attached hydrogens (primary N) is 1. The van der Waals surface area contributed by atoms with Gasteiger partial charge in [0.2, 0.25) is 0 Å². The highest BCUT2D eigenvalue weighted by molar-refractivity contribution is 5.96. The molecule has 1 amide bonds. The summed E-state index contributed by atoms with van der Waals surface area (Å²) >= 11 is 0. The Morgan fingerprint density at radius 2 is 2.00 bits per heavy atom. The minimum absolute atomic E-state index is 0.365. The van der Waals surface area contributed by atoms with Crippen LogP contribution in [0.15, 0.2) is 24.3 Å². The van der Waals surface area contributed by atoms with Crippen LogP contribution in [0.3, 0.4) is 0 Å². The molecule has 0 aliphatic heterocycles. The largest absolute Gasteiger partial charge is 0.490 e. The van der Waals surface area contributed by atoms with Crippen LogP contribution in [-0.2, 0) is 4.74 Å². The normalized spacial score (nSPS) is 10.5. The molecular formula is C14H22N2O3. The maximum atomic E-state index is 11.5. The van der Waals surface area contributed by atoms with E-state index in [-0.39, 0.29) is 5.91 Å². The number of hydrogen-bond donors (Lipinski definition) is 2. The molecule has 0 aliphatic carbocycles. The first-order valence-electron chi connectivity index (χ1n) is 6.45. The van der Waals surface area contributed by atoms with Crippen molar-refractivity contribution in [1.82, 2.24) is 5.43 Å². The number of amides is 1. The summed E-state index contributed by atoms with van der Waals surface area (Å²) in [5.41, 5.74) is 2.52. The first kappa shape index (κ1) is 15.5. The van der Waals surface area contributed by atoms with Gasteiger partial charge in [-0.2, -0.15) is 0 Å². The van der Waals surface area contributed by atoms with Crippen LogP contribution < -0.4 is 16.0 Å². The Hall–Kier alpha value is -1.59. The molecule has 0 bridgehead atoms. The Kier molecular flexibility index (Phi) is 6.92. The average Bonchev–Trinajstić information content (AvgIpc) is 2.42. The van der Waals surface area contributed by atoms with Crippen LogP contribution in [0.25, 0.3) is 0 Å². The number of hydrazine groups is 1. The molecule has 0 aromatic heterocycles. The van der Waals surface area contributed by atoms with Gasteiger partial charge in [-0.25, -0.2) is 5.84 Å². The van der Waals surface area contributed by atoms with Crippen LogP contribution in [0, 0.1) is 5.92 Å². The third kappa shape index (κ3) is 5.72. The number of hydrogen-bond acceptors (Lipinski definition) is 4. The quantitative estimate of drug-likeness (QED) is 0.325. The molecule has 0 unspecified atom stereocenters. The molecule has 0 heterocycles. The smallest absolute Gasteiger partial charge is 0.268 e. The number of ether oxygens (including phenoxy) is 2. The second kappa shape index (κ2) is 8.50. The summed E-state index contributed by atoms with van der Waals surface area (Å²) in [6.45, 7) is 5.95. The molecule has 0 radical (unpaired) electrons. The standard InChI is InChI=1S/C14H22N2O3/c1-11(2)7-8-18-9-10-19-13-6-4-3-5-12(13)14(17)16-15/h3-6,11H,7-10,15H2,1-2H3,(H,16,17). The summed E-state index contributed by atoms with van der Waals surface area (Å²) in [7, 11) is 0. The number of benzene rings is 1. The van der Waals surface area contributed by atoms with Gasteiger partial charge < -0.3 is 9.47 Å². The number of nitrogens with one attached hydrogen (secondary N) is 1. The van der Waals surface area contributed by atoms with Crippen LogP contribution in [-0.4, -0.2) is 25.7 Å². The van der Waals surface area contributed by atoms with Gasteiger partial charge in [0.1, 0.15) is 12.4 Å². The third-order valence-corrected chi connectivity index (χ3v) is 2.59. The van der Waals surface area contributed by atoms with E-state index < -0.39 is 0 Å². The van der Waals surface area contributed by atoms with Gasteiger partial charge in [0.15, 0.2) is 0 Å². The van der Waals surface area contributed by atoms with Crippen molar-refractivity contribution in [3.8, 4) is 5.75 Å². The SMILES string of the molecule is CC(C)CCOCCOc1ccccc1C(=O)NN. The molecule has 0 saturated carbocycles. The maximum absolute atomic E-state index is 11.5. The molecular weight excluding hydrogens is 244 g/mol. The fourth-order valence-corrected chi connectivity index (χ4v) is 1.49. The van der Waals surface area contributed by atoms with E-state index in [2.05, 4.69) is 19.3 Å². The fraction of sp³-hybridized carbons (Fsp3) is 0.500. The van der Waals surface area contributed by atoms with Crippen molar-refractivity contribution < 1.29 is 14.3 Å². The van der Waals surface area contributed by atoms with Crippen molar-refractivity contribution in [2.24, 2.45) is 11.8 Å². The zero-order valence-corrected chi connectivity index (χ0v) is 11.5. The molecule has 0 aliphatic rings. The van der Waals surface area contributed by atoms with Crippen LogP contribution in [0.4, 0.5) is 0 Å². The molecule has 106 valence electrons. The van der Waals surface area contributed by atoms with Crippen molar-refractivity contribution in [1.29, 1.82) is 0 Å². The molecule has 0 saturated heterocycles. The Labute approximate surface area is 114 Å². The molecule has 5 nitrogen and oxygen atoms in total. The van der Waals surface area contributed by atoms with E-state index in [4.69, 9.17) is 15.3 Å². The predicted octanol–water partition coefficient (Wildman–Crippen LogP) is 1.73. The topological polar surface area (TPSA) is 73.6 Å². The predicted molar refractivity (Wildman–Crippen MR) is 73.9 cm³/mol. The van der Waals surface area contributed by atoms with Gasteiger partial charge in [-0.3, -0.25) is 10.2 Å². The average molecular weight is 266 g/mol. The molecule has 5 heteroatoms. The van der Waals surface area contributed by atoms with E-state index in [9.17, 15) is 4.79 Å². The number of para-hydroxylation sites is 1. The van der Waals surface area contributed by atoms with Crippen molar-refractivity contribution in [3.05, 3.63) is 29.8 Å². The highest BCUT2D eigenvalue weighted by Gasteiger charge is 2.10. The van der Waals surface area contributed by atoms with Gasteiger partial charge in [-0.05, 0) is 24.5 Å². The molecule has 3 N–H and O–H groups in total. The second-order valence-corrected chi connectivity index (χ2v) is 4.61. The van der Waals surface area contributed by atoms with Gasteiger partial charge in [0.25, 0.3) is 5.91 Å². The maximum Gasteiger partial charge on any atom is 0.268 e. The van der Waals surface area contributed by atoms with E-state index in [1.54, 1.807) is 18.2 Å². The molecule has 1 rings (SSSR count). The summed E-state index contributed by atoms with van der Waals surface area (Å²) in [6.07, 6.45) is 1.03. The monoisotopic (exact) mass is 266 g/mol. The lowest BCUT2D eigenvalue weighted by Gasteiger charge is -2.11. The van der Waals surface area contributed by atoms with Crippen LogP contribution in [0.5, 0.6) is 5.75 Å². The minimum atomic E-state index is -0.365. The van der Waals surface area contributed by atoms with Gasteiger partial charge >= 0.3 is 0 Å². The number of nitrogen functional groups attached to an aromatic ring is 1. The lowest BCUT2D eigenvalue weighted by Crippen LogP contribution is -2.30. The molecule has 0 spiro atoms. The number of carbonyl (C=O) groups excluding carboxylic acids is 1. The summed E-state index contributed by atoms with van der Waals surface area (Å²) in [6, 6.07) is 6.97. The highest BCUT2D eigenvalue weighted by Crippen LogP contribution is 2.17. The molecule has 1 aromatic rings. The molecule has 0 atom stereocenters. The van der Waals surface area contributed by atoms with E-state index in [1.165, 1.54) is 0 Å². The Morgan fingerprint density at radius 1 is 1.26 bits per heavy atom. The zero-order chi connectivity index (χ0) is 14.1. The molecule has 19 heavy (non-hydrogen) atoms. The van der Waals surface area contributed by atoms with E-state index in [0.29, 0.717) is 30.4 Å². The first-order valence-corrected chi connectivity index (χ1v) is 6.45. The van der Waals surface area contributed by atoms with Crippen LogP contribution >= 0.6 is 0 Å². The first-order chi connectivity index (χ1) is 9.15. The fourth-order valence-electron chi connectivity index (χ4n) is 1.49. The van der Waals surface area contributed by atoms with Crippen LogP contribution in [0.1, 0.15) is 30.6 Å². The number of carbonyl (C=O) groups is 1. The van der Waals surface area contributed by atoms with Gasteiger partial charge in [-0.1, -0.05) is 26.0 Å². The molecule has 1 aromatic carbocycles. The Bertz CT molecular complexity index is 394. The van der Waals surface area contributed by atoms with Crippen molar-refractivity contribution in [3.63, 3.8) is 0 Å².